The summed E-state index contributed by atoms with van der Waals surface area (Å²) in [5.41, 5.74) is 2.90. The molecule has 1 aromatic carbocycles. The zero-order valence-corrected chi connectivity index (χ0v) is 13.7. The zero-order chi connectivity index (χ0) is 16.2. The molecule has 0 bridgehead atoms. The Morgan fingerprint density at radius 3 is 2.87 bits per heavy atom. The minimum Gasteiger partial charge on any atom is -0.338 e. The molecule has 1 aromatic heterocycles. The Labute approximate surface area is 136 Å². The maximum Gasteiger partial charge on any atom is 0.240 e. The van der Waals surface area contributed by atoms with Crippen molar-refractivity contribution in [3.63, 3.8) is 0 Å². The Bertz CT molecular complexity index is 663. The molecule has 23 heavy (non-hydrogen) atoms. The van der Waals surface area contributed by atoms with Crippen LogP contribution in [0.5, 0.6) is 0 Å². The van der Waals surface area contributed by atoms with Crippen LogP contribution in [0.3, 0.4) is 0 Å². The second-order valence-electron chi connectivity index (χ2n) is 6.31. The number of nitrogens with one attached hydrogen (secondary N) is 1. The third-order valence-corrected chi connectivity index (χ3v) is 4.41. The van der Waals surface area contributed by atoms with E-state index in [2.05, 4.69) is 22.3 Å². The first-order valence-electron chi connectivity index (χ1n) is 8.19. The third kappa shape index (κ3) is 3.99. The van der Waals surface area contributed by atoms with Crippen molar-refractivity contribution in [2.45, 2.75) is 39.2 Å². The number of aromatic nitrogens is 1. The Kier molecular flexibility index (Phi) is 4.76. The summed E-state index contributed by atoms with van der Waals surface area (Å²) in [4.78, 5) is 14.4. The number of anilines is 1. The molecule has 2 heterocycles. The molecule has 1 aliphatic rings. The van der Waals surface area contributed by atoms with E-state index < -0.39 is 0 Å². The van der Waals surface area contributed by atoms with Gasteiger partial charge in [-0.15, -0.1) is 0 Å². The molecule has 0 spiro atoms. The van der Waals surface area contributed by atoms with Gasteiger partial charge >= 0.3 is 0 Å². The molecule has 1 aliphatic heterocycles. The summed E-state index contributed by atoms with van der Waals surface area (Å²) >= 11 is 0. The van der Waals surface area contributed by atoms with E-state index >= 15 is 0 Å². The van der Waals surface area contributed by atoms with Gasteiger partial charge in [-0.05, 0) is 33.2 Å². The Hall–Kier alpha value is -2.14. The van der Waals surface area contributed by atoms with Crippen molar-refractivity contribution in [1.82, 2.24) is 10.1 Å². The topological polar surface area (TPSA) is 58.4 Å². The second-order valence-corrected chi connectivity index (χ2v) is 6.31. The first-order chi connectivity index (χ1) is 11.1. The molecule has 1 atom stereocenters. The summed E-state index contributed by atoms with van der Waals surface area (Å²) in [6.45, 7) is 5.61. The molecule has 5 nitrogen and oxygen atoms in total. The number of likely N-dealkylation sites (tertiary alicyclic amines) is 1. The molecule has 0 aliphatic carbocycles. The molecular formula is C18H23N3O2. The fourth-order valence-electron chi connectivity index (χ4n) is 2.95. The highest BCUT2D eigenvalue weighted by atomic mass is 16.5. The summed E-state index contributed by atoms with van der Waals surface area (Å²) in [6, 6.07) is 10.3. The van der Waals surface area contributed by atoms with E-state index in [0.29, 0.717) is 18.5 Å². The molecule has 5 heteroatoms. The molecule has 1 amide bonds. The van der Waals surface area contributed by atoms with Crippen molar-refractivity contribution < 1.29 is 9.32 Å². The van der Waals surface area contributed by atoms with Gasteiger partial charge in [0.2, 0.25) is 11.8 Å². The van der Waals surface area contributed by atoms with Crippen LogP contribution in [0.25, 0.3) is 11.3 Å². The van der Waals surface area contributed by atoms with Crippen molar-refractivity contribution in [2.75, 3.05) is 18.4 Å². The van der Waals surface area contributed by atoms with Crippen molar-refractivity contribution >= 4 is 11.8 Å². The van der Waals surface area contributed by atoms with Gasteiger partial charge in [0.05, 0.1) is 6.54 Å². The molecule has 2 aromatic rings. The number of carbonyl (C=O) groups excluding carboxylic acids is 1. The van der Waals surface area contributed by atoms with Gasteiger partial charge in [0.25, 0.3) is 0 Å². The lowest BCUT2D eigenvalue weighted by Gasteiger charge is -2.32. The van der Waals surface area contributed by atoms with E-state index in [1.54, 1.807) is 6.07 Å². The fourth-order valence-corrected chi connectivity index (χ4v) is 2.95. The van der Waals surface area contributed by atoms with Crippen LogP contribution >= 0.6 is 0 Å². The minimum atomic E-state index is -0.0506. The lowest BCUT2D eigenvalue weighted by molar-refractivity contribution is -0.118. The Morgan fingerprint density at radius 2 is 2.13 bits per heavy atom. The quantitative estimate of drug-likeness (QED) is 0.939. The van der Waals surface area contributed by atoms with Gasteiger partial charge in [0, 0.05) is 17.7 Å². The molecule has 0 unspecified atom stereocenters. The normalized spacial score (nSPS) is 18.8. The van der Waals surface area contributed by atoms with Crippen LogP contribution in [0.1, 0.15) is 31.7 Å². The summed E-state index contributed by atoms with van der Waals surface area (Å²) in [5, 5.41) is 6.83. The van der Waals surface area contributed by atoms with Crippen LogP contribution in [0, 0.1) is 6.92 Å². The van der Waals surface area contributed by atoms with E-state index in [1.165, 1.54) is 12.0 Å². The summed E-state index contributed by atoms with van der Waals surface area (Å²) in [5.74, 6) is 0.348. The van der Waals surface area contributed by atoms with Crippen LogP contribution in [0.4, 0.5) is 5.88 Å². The highest BCUT2D eigenvalue weighted by Crippen LogP contribution is 2.22. The number of carbonyl (C=O) groups is 1. The maximum atomic E-state index is 12.2. The lowest BCUT2D eigenvalue weighted by Crippen LogP contribution is -2.42. The number of hydrogen-bond acceptors (Lipinski definition) is 4. The monoisotopic (exact) mass is 313 g/mol. The van der Waals surface area contributed by atoms with Gasteiger partial charge in [-0.25, -0.2) is 0 Å². The third-order valence-electron chi connectivity index (χ3n) is 4.41. The van der Waals surface area contributed by atoms with Gasteiger partial charge in [-0.3, -0.25) is 15.0 Å². The Morgan fingerprint density at radius 1 is 1.35 bits per heavy atom. The predicted molar refractivity (Wildman–Crippen MR) is 90.2 cm³/mol. The lowest BCUT2D eigenvalue weighted by atomic mass is 10.0. The summed E-state index contributed by atoms with van der Waals surface area (Å²) < 4.78 is 5.24. The molecule has 0 radical (unpaired) electrons. The molecule has 1 saturated heterocycles. The van der Waals surface area contributed by atoms with Crippen LogP contribution in [0.2, 0.25) is 0 Å². The number of benzene rings is 1. The van der Waals surface area contributed by atoms with Crippen molar-refractivity contribution in [3.8, 4) is 11.3 Å². The van der Waals surface area contributed by atoms with Crippen LogP contribution in [-0.2, 0) is 4.79 Å². The largest absolute Gasteiger partial charge is 0.338 e. The van der Waals surface area contributed by atoms with E-state index in [0.717, 1.165) is 30.6 Å². The van der Waals surface area contributed by atoms with Gasteiger partial charge in [-0.1, -0.05) is 41.4 Å². The number of nitrogens with zero attached hydrogens (tertiary/aromatic N) is 2. The van der Waals surface area contributed by atoms with Gasteiger partial charge in [-0.2, -0.15) is 0 Å². The van der Waals surface area contributed by atoms with Crippen LogP contribution in [0.15, 0.2) is 34.9 Å². The number of aryl methyl sites for hydroxylation is 1. The highest BCUT2D eigenvalue weighted by molar-refractivity contribution is 5.91. The highest BCUT2D eigenvalue weighted by Gasteiger charge is 2.21. The summed E-state index contributed by atoms with van der Waals surface area (Å²) in [7, 11) is 0. The molecule has 1 N–H and O–H groups in total. The van der Waals surface area contributed by atoms with Crippen LogP contribution in [-0.4, -0.2) is 35.1 Å². The average molecular weight is 313 g/mol. The Balaban J connectivity index is 1.60. The summed E-state index contributed by atoms with van der Waals surface area (Å²) in [6.07, 6.45) is 3.58. The minimum absolute atomic E-state index is 0.0506. The molecule has 1 fully saturated rings. The fraction of sp³-hybridized carbons (Fsp3) is 0.444. The van der Waals surface area contributed by atoms with Gasteiger partial charge in [0.15, 0.2) is 0 Å². The second kappa shape index (κ2) is 6.96. The molecule has 0 saturated carbocycles. The van der Waals surface area contributed by atoms with E-state index in [9.17, 15) is 4.79 Å². The van der Waals surface area contributed by atoms with E-state index in [-0.39, 0.29) is 5.91 Å². The zero-order valence-electron chi connectivity index (χ0n) is 13.7. The van der Waals surface area contributed by atoms with E-state index in [4.69, 9.17) is 4.52 Å². The first kappa shape index (κ1) is 15.7. The van der Waals surface area contributed by atoms with Crippen molar-refractivity contribution in [3.05, 3.63) is 35.9 Å². The maximum absolute atomic E-state index is 12.2. The van der Waals surface area contributed by atoms with Crippen molar-refractivity contribution in [2.24, 2.45) is 0 Å². The number of amides is 1. The molecular weight excluding hydrogens is 290 g/mol. The van der Waals surface area contributed by atoms with Crippen molar-refractivity contribution in [1.29, 1.82) is 0 Å². The molecule has 122 valence electrons. The number of rotatable bonds is 4. The number of piperidine rings is 1. The average Bonchev–Trinajstić information content (AvgIpc) is 2.98. The molecule has 3 rings (SSSR count). The predicted octanol–water partition coefficient (Wildman–Crippen LogP) is 3.46. The van der Waals surface area contributed by atoms with E-state index in [1.807, 2.05) is 31.2 Å². The number of hydrogen-bond donors (Lipinski definition) is 1. The first-order valence-corrected chi connectivity index (χ1v) is 8.19. The smallest absolute Gasteiger partial charge is 0.240 e. The standard InChI is InChI=1S/C18H23N3O2/c1-13-6-8-15(9-7-13)16-11-18(23-20-16)19-17(22)12-21-10-4-3-5-14(21)2/h6-9,11,14H,3-5,10,12H2,1-2H3,(H,19,22)/t14-/m1/s1. The van der Waals surface area contributed by atoms with Gasteiger partial charge in [0.1, 0.15) is 5.69 Å². The van der Waals surface area contributed by atoms with Crippen LogP contribution < -0.4 is 5.32 Å². The SMILES string of the molecule is Cc1ccc(-c2cc(NC(=O)CN3CCCC[C@H]3C)on2)cc1. The van der Waals surface area contributed by atoms with Gasteiger partial charge < -0.3 is 4.52 Å².